The molecule has 0 N–H and O–H groups in total. The molecule has 1 saturated heterocycles. The van der Waals surface area contributed by atoms with E-state index >= 15 is 0 Å². The number of nitrogens with zero attached hydrogens (tertiary/aromatic N) is 1. The Morgan fingerprint density at radius 3 is 2.11 bits per heavy atom. The first-order chi connectivity index (χ1) is 4.30. The lowest BCUT2D eigenvalue weighted by Gasteiger charge is -2.11. The maximum Gasteiger partial charge on any atom is 0.0101 e. The molecule has 9 heavy (non-hydrogen) atoms. The second-order valence-corrected chi connectivity index (χ2v) is 2.89. The highest BCUT2D eigenvalue weighted by Gasteiger charge is 2.14. The minimum atomic E-state index is 0.810. The molecule has 0 aromatic heterocycles. The second-order valence-electron chi connectivity index (χ2n) is 2.23. The first kappa shape index (κ1) is 9.39. The van der Waals surface area contributed by atoms with Gasteiger partial charge in [-0.25, -0.2) is 0 Å². The molecule has 0 aliphatic carbocycles. The summed E-state index contributed by atoms with van der Waals surface area (Å²) in [4.78, 5) is 0. The fourth-order valence-corrected chi connectivity index (χ4v) is 1.29. The van der Waals surface area contributed by atoms with Gasteiger partial charge < -0.3 is 0 Å². The molecule has 1 fully saturated rings. The van der Waals surface area contributed by atoms with Crippen molar-refractivity contribution in [3.05, 3.63) is 0 Å². The van der Waals surface area contributed by atoms with Gasteiger partial charge in [0.05, 0.1) is 0 Å². The Morgan fingerprint density at radius 1 is 1.44 bits per heavy atom. The smallest absolute Gasteiger partial charge is 0.0101 e. The summed E-state index contributed by atoms with van der Waals surface area (Å²) in [6, 6.07) is 0.810. The van der Waals surface area contributed by atoms with Crippen LogP contribution in [0, 0.1) is 0 Å². The van der Waals surface area contributed by atoms with Crippen LogP contribution in [0.4, 0.5) is 0 Å². The standard InChI is InChI=1S/C5H12NP.C2H6/c1-5-3-2-4-6(5)7;1-2/h5H,2-4,7H2,1H3;1-2H3. The Morgan fingerprint density at radius 2 is 2.00 bits per heavy atom. The van der Waals surface area contributed by atoms with Gasteiger partial charge in [0.2, 0.25) is 0 Å². The number of hydrogen-bond donors (Lipinski definition) is 0. The minimum absolute atomic E-state index is 0.810. The van der Waals surface area contributed by atoms with Crippen molar-refractivity contribution >= 4 is 9.39 Å². The average Bonchev–Trinajstić information content (AvgIpc) is 2.23. The maximum absolute atomic E-state index is 2.75. The normalized spacial score (nSPS) is 27.3. The van der Waals surface area contributed by atoms with Gasteiger partial charge in [-0.3, -0.25) is 4.67 Å². The molecule has 1 aliphatic heterocycles. The SMILES string of the molecule is CC.CC1CCCN1P. The van der Waals surface area contributed by atoms with Crippen molar-refractivity contribution in [3.63, 3.8) is 0 Å². The van der Waals surface area contributed by atoms with E-state index in [1.165, 1.54) is 19.4 Å². The number of rotatable bonds is 0. The maximum atomic E-state index is 2.75. The van der Waals surface area contributed by atoms with E-state index in [2.05, 4.69) is 21.0 Å². The van der Waals surface area contributed by atoms with Crippen molar-refractivity contribution < 1.29 is 0 Å². The molecule has 1 heterocycles. The first-order valence-electron chi connectivity index (χ1n) is 3.82. The zero-order valence-corrected chi connectivity index (χ0v) is 7.88. The van der Waals surface area contributed by atoms with Gasteiger partial charge in [-0.15, -0.1) is 0 Å². The largest absolute Gasteiger partial charge is 0.285 e. The molecule has 0 aromatic rings. The molecule has 0 radical (unpaired) electrons. The van der Waals surface area contributed by atoms with Crippen molar-refractivity contribution in [2.45, 2.75) is 39.7 Å². The lowest BCUT2D eigenvalue weighted by atomic mass is 10.3. The van der Waals surface area contributed by atoms with Crippen LogP contribution in [0.5, 0.6) is 0 Å². The van der Waals surface area contributed by atoms with E-state index in [1.807, 2.05) is 13.8 Å². The van der Waals surface area contributed by atoms with E-state index in [4.69, 9.17) is 0 Å². The van der Waals surface area contributed by atoms with Gasteiger partial charge in [0.15, 0.2) is 0 Å². The Bertz CT molecular complexity index is 57.9. The van der Waals surface area contributed by atoms with Crippen LogP contribution in [0.25, 0.3) is 0 Å². The van der Waals surface area contributed by atoms with Crippen LogP contribution in [-0.2, 0) is 0 Å². The average molecular weight is 147 g/mol. The monoisotopic (exact) mass is 147 g/mol. The van der Waals surface area contributed by atoms with Crippen molar-refractivity contribution in [1.29, 1.82) is 0 Å². The molecule has 0 spiro atoms. The molecule has 1 nitrogen and oxygen atoms in total. The van der Waals surface area contributed by atoms with Gasteiger partial charge in [-0.1, -0.05) is 23.2 Å². The van der Waals surface area contributed by atoms with E-state index in [0.717, 1.165) is 6.04 Å². The topological polar surface area (TPSA) is 3.24 Å². The molecule has 2 unspecified atom stereocenters. The molecule has 0 aromatic carbocycles. The predicted molar refractivity (Wildman–Crippen MR) is 46.5 cm³/mol. The number of hydrogen-bond acceptors (Lipinski definition) is 1. The van der Waals surface area contributed by atoms with Crippen molar-refractivity contribution in [2.24, 2.45) is 0 Å². The molecule has 56 valence electrons. The third kappa shape index (κ3) is 3.17. The summed E-state index contributed by atoms with van der Waals surface area (Å²) >= 11 is 0. The molecular weight excluding hydrogens is 129 g/mol. The summed E-state index contributed by atoms with van der Waals surface area (Å²) in [5.41, 5.74) is 0. The molecule has 0 amide bonds. The van der Waals surface area contributed by atoms with Crippen molar-refractivity contribution in [2.75, 3.05) is 6.54 Å². The van der Waals surface area contributed by atoms with Crippen LogP contribution in [0.3, 0.4) is 0 Å². The Labute approximate surface area is 61.1 Å². The molecule has 2 heteroatoms. The van der Waals surface area contributed by atoms with E-state index in [0.29, 0.717) is 0 Å². The summed E-state index contributed by atoms with van der Waals surface area (Å²) in [5, 5.41) is 0. The first-order valence-corrected chi connectivity index (χ1v) is 4.33. The van der Waals surface area contributed by atoms with Crippen LogP contribution in [0.15, 0.2) is 0 Å². The summed E-state index contributed by atoms with van der Waals surface area (Å²) < 4.78 is 2.32. The Hall–Kier alpha value is 0.390. The molecule has 1 rings (SSSR count). The van der Waals surface area contributed by atoms with Gasteiger partial charge in [0, 0.05) is 12.6 Å². The highest BCUT2D eigenvalue weighted by molar-refractivity contribution is 7.13. The predicted octanol–water partition coefficient (Wildman–Crippen LogP) is 2.29. The summed E-state index contributed by atoms with van der Waals surface area (Å²) in [7, 11) is 2.75. The summed E-state index contributed by atoms with van der Waals surface area (Å²) in [6.07, 6.45) is 2.76. The van der Waals surface area contributed by atoms with Crippen LogP contribution in [0.2, 0.25) is 0 Å². The van der Waals surface area contributed by atoms with Crippen LogP contribution >= 0.6 is 9.39 Å². The minimum Gasteiger partial charge on any atom is -0.285 e. The van der Waals surface area contributed by atoms with Gasteiger partial charge in [-0.2, -0.15) is 0 Å². The second kappa shape index (κ2) is 5.20. The van der Waals surface area contributed by atoms with E-state index in [1.54, 1.807) is 0 Å². The Balaban J connectivity index is 0.000000291. The molecular formula is C7H18NP. The molecule has 0 bridgehead atoms. The van der Waals surface area contributed by atoms with Gasteiger partial charge >= 0.3 is 0 Å². The lowest BCUT2D eigenvalue weighted by Crippen LogP contribution is -2.13. The van der Waals surface area contributed by atoms with Crippen molar-refractivity contribution in [3.8, 4) is 0 Å². The zero-order chi connectivity index (χ0) is 7.28. The third-order valence-electron chi connectivity index (χ3n) is 1.60. The lowest BCUT2D eigenvalue weighted by molar-refractivity contribution is 0.466. The fourth-order valence-electron chi connectivity index (χ4n) is 0.955. The van der Waals surface area contributed by atoms with Gasteiger partial charge in [0.25, 0.3) is 0 Å². The van der Waals surface area contributed by atoms with E-state index < -0.39 is 0 Å². The molecule has 1 aliphatic rings. The summed E-state index contributed by atoms with van der Waals surface area (Å²) in [5.74, 6) is 0. The fraction of sp³-hybridized carbons (Fsp3) is 1.00. The molecule has 0 saturated carbocycles. The zero-order valence-electron chi connectivity index (χ0n) is 6.72. The third-order valence-corrected chi connectivity index (χ3v) is 2.37. The Kier molecular flexibility index (Phi) is 5.42. The van der Waals surface area contributed by atoms with Crippen LogP contribution in [-0.4, -0.2) is 17.3 Å². The highest BCUT2D eigenvalue weighted by atomic mass is 31.0. The van der Waals surface area contributed by atoms with E-state index in [-0.39, 0.29) is 0 Å². The highest BCUT2D eigenvalue weighted by Crippen LogP contribution is 2.19. The van der Waals surface area contributed by atoms with Gasteiger partial charge in [0.1, 0.15) is 0 Å². The quantitative estimate of drug-likeness (QED) is 0.475. The van der Waals surface area contributed by atoms with Crippen LogP contribution in [0.1, 0.15) is 33.6 Å². The van der Waals surface area contributed by atoms with Crippen LogP contribution < -0.4 is 0 Å². The molecule has 2 atom stereocenters. The van der Waals surface area contributed by atoms with E-state index in [9.17, 15) is 0 Å². The van der Waals surface area contributed by atoms with Gasteiger partial charge in [-0.05, 0) is 19.8 Å². The summed E-state index contributed by atoms with van der Waals surface area (Å²) in [6.45, 7) is 7.53. The van der Waals surface area contributed by atoms with Crippen molar-refractivity contribution in [1.82, 2.24) is 4.67 Å².